The van der Waals surface area contributed by atoms with E-state index >= 15 is 0 Å². The van der Waals surface area contributed by atoms with E-state index in [4.69, 9.17) is 0 Å². The fourth-order valence-corrected chi connectivity index (χ4v) is 5.00. The summed E-state index contributed by atoms with van der Waals surface area (Å²) in [6.07, 6.45) is 3.15. The van der Waals surface area contributed by atoms with Gasteiger partial charge in [-0.3, -0.25) is 4.79 Å². The van der Waals surface area contributed by atoms with Crippen LogP contribution in [0.3, 0.4) is 0 Å². The Bertz CT molecular complexity index is 1170. The number of sulfonamides is 1. The predicted molar refractivity (Wildman–Crippen MR) is 112 cm³/mol. The number of anilines is 1. The highest BCUT2D eigenvalue weighted by molar-refractivity contribution is 7.89. The molecule has 0 saturated carbocycles. The lowest BCUT2D eigenvalue weighted by Crippen LogP contribution is -2.29. The van der Waals surface area contributed by atoms with Crippen LogP contribution >= 0.6 is 0 Å². The molecule has 3 rings (SSSR count). The normalized spacial score (nSPS) is 11.8. The summed E-state index contributed by atoms with van der Waals surface area (Å²) < 4.78 is 29.9. The number of benzene rings is 1. The summed E-state index contributed by atoms with van der Waals surface area (Å²) in [4.78, 5) is 16.7. The maximum Gasteiger partial charge on any atom is 0.241 e. The predicted octanol–water partition coefficient (Wildman–Crippen LogP) is 2.58. The van der Waals surface area contributed by atoms with Crippen molar-refractivity contribution in [3.63, 3.8) is 0 Å². The minimum atomic E-state index is -3.74. The van der Waals surface area contributed by atoms with Crippen molar-refractivity contribution in [2.45, 2.75) is 45.9 Å². The van der Waals surface area contributed by atoms with Gasteiger partial charge in [0.05, 0.1) is 11.1 Å². The van der Waals surface area contributed by atoms with Gasteiger partial charge in [0.25, 0.3) is 0 Å². The number of nitrogens with zero attached hydrogens (tertiary/aromatic N) is 3. The highest BCUT2D eigenvalue weighted by atomic mass is 32.2. The monoisotopic (exact) mass is 415 g/mol. The van der Waals surface area contributed by atoms with Gasteiger partial charge in [-0.25, -0.2) is 18.1 Å². The molecule has 3 aromatic rings. The van der Waals surface area contributed by atoms with E-state index in [1.807, 2.05) is 34.6 Å². The molecule has 154 valence electrons. The van der Waals surface area contributed by atoms with Crippen LogP contribution in [0.15, 0.2) is 29.4 Å². The van der Waals surface area contributed by atoms with Crippen LogP contribution in [0.25, 0.3) is 5.65 Å². The summed E-state index contributed by atoms with van der Waals surface area (Å²) in [6.45, 7) is 9.47. The molecule has 0 atom stereocenters. The summed E-state index contributed by atoms with van der Waals surface area (Å²) in [5.41, 5.74) is 5.11. The Morgan fingerprint density at radius 3 is 2.24 bits per heavy atom. The second-order valence-corrected chi connectivity index (χ2v) is 8.79. The molecule has 0 aliphatic heterocycles. The zero-order valence-corrected chi connectivity index (χ0v) is 18.0. The molecule has 0 saturated heterocycles. The molecular weight excluding hydrogens is 390 g/mol. The molecule has 29 heavy (non-hydrogen) atoms. The van der Waals surface area contributed by atoms with E-state index < -0.39 is 10.0 Å². The van der Waals surface area contributed by atoms with E-state index in [1.54, 1.807) is 24.5 Å². The van der Waals surface area contributed by atoms with Crippen LogP contribution in [0.1, 0.15) is 34.2 Å². The number of carbonyl (C=O) groups excluding carboxylic acids is 1. The number of rotatable bonds is 6. The molecule has 0 bridgehead atoms. The lowest BCUT2D eigenvalue weighted by Gasteiger charge is -2.19. The minimum Gasteiger partial charge on any atom is -0.310 e. The zero-order valence-electron chi connectivity index (χ0n) is 17.2. The maximum atomic E-state index is 12.9. The minimum absolute atomic E-state index is 0.00759. The molecule has 0 aliphatic carbocycles. The van der Waals surface area contributed by atoms with Crippen molar-refractivity contribution < 1.29 is 13.2 Å². The standard InChI is InChI=1S/C20H25N5O3S/c1-12-13(2)15(4)20(16(5)14(12)3)29(27,28)23-11-8-19(26)24-18-6-9-21-17-7-10-22-25(17)18/h6-7,9-10,23H,8,11H2,1-5H3,(H,24,26). The van der Waals surface area contributed by atoms with Crippen molar-refractivity contribution in [2.24, 2.45) is 0 Å². The summed E-state index contributed by atoms with van der Waals surface area (Å²) in [5.74, 6) is 0.157. The number of aromatic nitrogens is 3. The summed E-state index contributed by atoms with van der Waals surface area (Å²) in [5, 5.41) is 6.83. The molecular formula is C20H25N5O3S. The van der Waals surface area contributed by atoms with E-state index in [0.717, 1.165) is 27.8 Å². The number of amides is 1. The van der Waals surface area contributed by atoms with E-state index in [1.165, 1.54) is 4.52 Å². The van der Waals surface area contributed by atoms with Crippen LogP contribution in [0.5, 0.6) is 0 Å². The van der Waals surface area contributed by atoms with E-state index in [2.05, 4.69) is 20.1 Å². The molecule has 2 N–H and O–H groups in total. The van der Waals surface area contributed by atoms with E-state index in [0.29, 0.717) is 16.4 Å². The van der Waals surface area contributed by atoms with Gasteiger partial charge >= 0.3 is 0 Å². The van der Waals surface area contributed by atoms with Crippen LogP contribution in [0, 0.1) is 34.6 Å². The largest absolute Gasteiger partial charge is 0.310 e. The van der Waals surface area contributed by atoms with Crippen molar-refractivity contribution in [3.8, 4) is 0 Å². The Morgan fingerprint density at radius 1 is 0.966 bits per heavy atom. The lowest BCUT2D eigenvalue weighted by molar-refractivity contribution is -0.116. The summed E-state index contributed by atoms with van der Waals surface area (Å²) in [6, 6.07) is 3.35. The van der Waals surface area contributed by atoms with Crippen LogP contribution in [-0.4, -0.2) is 35.5 Å². The van der Waals surface area contributed by atoms with Gasteiger partial charge in [-0.1, -0.05) is 0 Å². The van der Waals surface area contributed by atoms with Gasteiger partial charge in [-0.05, 0) is 68.5 Å². The first-order valence-electron chi connectivity index (χ1n) is 9.28. The third kappa shape index (κ3) is 4.01. The second-order valence-electron chi connectivity index (χ2n) is 7.08. The molecule has 0 radical (unpaired) electrons. The van der Waals surface area contributed by atoms with Crippen LogP contribution in [0.4, 0.5) is 5.82 Å². The SMILES string of the molecule is Cc1c(C)c(C)c(S(=O)(=O)NCCC(=O)Nc2ccnc3ccnn23)c(C)c1C. The number of nitrogens with one attached hydrogen (secondary N) is 2. The van der Waals surface area contributed by atoms with Gasteiger partial charge in [0, 0.05) is 25.2 Å². The Kier molecular flexibility index (Phi) is 5.72. The maximum absolute atomic E-state index is 12.9. The fourth-order valence-electron chi connectivity index (χ4n) is 3.37. The third-order valence-corrected chi connectivity index (χ3v) is 7.14. The molecule has 2 aromatic heterocycles. The Morgan fingerprint density at radius 2 is 1.59 bits per heavy atom. The highest BCUT2D eigenvalue weighted by Gasteiger charge is 2.23. The zero-order chi connectivity index (χ0) is 21.3. The van der Waals surface area contributed by atoms with Crippen molar-refractivity contribution in [1.82, 2.24) is 19.3 Å². The van der Waals surface area contributed by atoms with Gasteiger partial charge in [0.15, 0.2) is 5.65 Å². The summed E-state index contributed by atoms with van der Waals surface area (Å²) in [7, 11) is -3.74. The number of carbonyl (C=O) groups is 1. The Balaban J connectivity index is 1.70. The summed E-state index contributed by atoms with van der Waals surface area (Å²) >= 11 is 0. The number of hydrogen-bond donors (Lipinski definition) is 2. The molecule has 0 aliphatic rings. The van der Waals surface area contributed by atoms with Crippen molar-refractivity contribution in [1.29, 1.82) is 0 Å². The number of hydrogen-bond acceptors (Lipinski definition) is 5. The van der Waals surface area contributed by atoms with Gasteiger partial charge < -0.3 is 5.32 Å². The molecule has 0 spiro atoms. The quantitative estimate of drug-likeness (QED) is 0.644. The van der Waals surface area contributed by atoms with E-state index in [9.17, 15) is 13.2 Å². The number of fused-ring (bicyclic) bond motifs is 1. The molecule has 2 heterocycles. The van der Waals surface area contributed by atoms with Gasteiger partial charge in [0.1, 0.15) is 5.82 Å². The van der Waals surface area contributed by atoms with Crippen molar-refractivity contribution in [3.05, 3.63) is 52.3 Å². The van der Waals surface area contributed by atoms with Crippen LogP contribution < -0.4 is 10.0 Å². The molecule has 1 aromatic carbocycles. The second kappa shape index (κ2) is 7.92. The van der Waals surface area contributed by atoms with Crippen molar-refractivity contribution >= 4 is 27.4 Å². The average molecular weight is 416 g/mol. The third-order valence-electron chi connectivity index (χ3n) is 5.40. The Labute approximate surface area is 170 Å². The molecule has 1 amide bonds. The highest BCUT2D eigenvalue weighted by Crippen LogP contribution is 2.29. The lowest BCUT2D eigenvalue weighted by atomic mass is 9.95. The molecule has 9 heteroatoms. The smallest absolute Gasteiger partial charge is 0.241 e. The average Bonchev–Trinajstić information content (AvgIpc) is 3.14. The fraction of sp³-hybridized carbons (Fsp3) is 0.350. The molecule has 0 fully saturated rings. The van der Waals surface area contributed by atoms with Crippen molar-refractivity contribution in [2.75, 3.05) is 11.9 Å². The Hall–Kier alpha value is -2.78. The van der Waals surface area contributed by atoms with Gasteiger partial charge in [-0.2, -0.15) is 9.61 Å². The topological polar surface area (TPSA) is 105 Å². The van der Waals surface area contributed by atoms with Gasteiger partial charge in [-0.15, -0.1) is 0 Å². The molecule has 0 unspecified atom stereocenters. The van der Waals surface area contributed by atoms with Gasteiger partial charge in [0.2, 0.25) is 15.9 Å². The first-order chi connectivity index (χ1) is 13.6. The van der Waals surface area contributed by atoms with E-state index in [-0.39, 0.29) is 18.9 Å². The first-order valence-corrected chi connectivity index (χ1v) is 10.8. The first kappa shape index (κ1) is 20.9. The molecule has 8 nitrogen and oxygen atoms in total. The van der Waals surface area contributed by atoms with Crippen LogP contribution in [-0.2, 0) is 14.8 Å². The van der Waals surface area contributed by atoms with Crippen LogP contribution in [0.2, 0.25) is 0 Å².